The van der Waals surface area contributed by atoms with Crippen LogP contribution in [-0.4, -0.2) is 51.5 Å². The van der Waals surface area contributed by atoms with E-state index < -0.39 is 11.5 Å². The van der Waals surface area contributed by atoms with E-state index in [1.54, 1.807) is 13.8 Å². The van der Waals surface area contributed by atoms with Crippen LogP contribution in [0.5, 0.6) is 0 Å². The second kappa shape index (κ2) is 4.04. The number of nitrogens with zero attached hydrogens (tertiary/aromatic N) is 2. The van der Waals surface area contributed by atoms with Gasteiger partial charge in [-0.3, -0.25) is 4.79 Å². The molecule has 1 N–H and O–H groups in total. The topological polar surface area (TPSA) is 60.9 Å². The number of carboxylic acid groups (broad SMARTS) is 1. The van der Waals surface area contributed by atoms with Crippen molar-refractivity contribution in [2.45, 2.75) is 25.9 Å². The molecular weight excluding hydrogens is 208 g/mol. The van der Waals surface area contributed by atoms with Crippen molar-refractivity contribution in [3.63, 3.8) is 0 Å². The molecule has 1 fully saturated rings. The van der Waals surface area contributed by atoms with E-state index in [4.69, 9.17) is 16.7 Å². The van der Waals surface area contributed by atoms with Crippen LogP contribution in [0.25, 0.3) is 0 Å². The predicted molar refractivity (Wildman–Crippen MR) is 51.6 cm³/mol. The predicted octanol–water partition coefficient (Wildman–Crippen LogP) is 1.42. The van der Waals surface area contributed by atoms with Crippen molar-refractivity contribution in [1.82, 2.24) is 9.80 Å². The molecule has 2 atom stereocenters. The number of carbonyl (C=O) groups is 2. The summed E-state index contributed by atoms with van der Waals surface area (Å²) in [5.41, 5.74) is 0. The van der Waals surface area contributed by atoms with Crippen LogP contribution in [0.15, 0.2) is 0 Å². The molecule has 0 aliphatic carbocycles. The Morgan fingerprint density at radius 2 is 1.64 bits per heavy atom. The number of amides is 2. The number of carbonyl (C=O) groups excluding carboxylic acids is 1. The Hall–Kier alpha value is -0.970. The van der Waals surface area contributed by atoms with Crippen molar-refractivity contribution in [2.24, 2.45) is 0 Å². The molecule has 0 unspecified atom stereocenters. The van der Waals surface area contributed by atoms with Crippen molar-refractivity contribution in [3.05, 3.63) is 0 Å². The molecule has 1 heterocycles. The number of hydrogen-bond donors (Lipinski definition) is 1. The highest BCUT2D eigenvalue weighted by molar-refractivity contribution is 6.62. The third-order valence-electron chi connectivity index (χ3n) is 2.46. The lowest BCUT2D eigenvalue weighted by Gasteiger charge is -2.41. The molecule has 1 aliphatic rings. The fourth-order valence-electron chi connectivity index (χ4n) is 1.64. The van der Waals surface area contributed by atoms with Crippen LogP contribution in [-0.2, 0) is 0 Å². The molecule has 0 bridgehead atoms. The second-order valence-corrected chi connectivity index (χ2v) is 3.86. The molecule has 1 rings (SSSR count). The molecule has 80 valence electrons. The standard InChI is InChI=1S/C8H13ClN2O3/c1-5-4-11(8(13)14)6(2)3-10(5)7(9)12/h5-6H,3-4H2,1-2H3,(H,13,14)/t5-,6+/m0/s1. The molecule has 0 aromatic heterocycles. The Kier molecular flexibility index (Phi) is 3.21. The van der Waals surface area contributed by atoms with Crippen LogP contribution < -0.4 is 0 Å². The lowest BCUT2D eigenvalue weighted by Crippen LogP contribution is -2.58. The Bertz CT molecular complexity index is 233. The zero-order valence-electron chi connectivity index (χ0n) is 8.11. The summed E-state index contributed by atoms with van der Waals surface area (Å²) in [4.78, 5) is 24.5. The number of rotatable bonds is 0. The van der Waals surface area contributed by atoms with E-state index in [0.717, 1.165) is 0 Å². The lowest BCUT2D eigenvalue weighted by molar-refractivity contribution is 0.0655. The van der Waals surface area contributed by atoms with Crippen molar-refractivity contribution < 1.29 is 14.7 Å². The van der Waals surface area contributed by atoms with Gasteiger partial charge in [-0.25, -0.2) is 4.79 Å². The Balaban J connectivity index is 2.71. The average Bonchev–Trinajstić information content (AvgIpc) is 2.07. The van der Waals surface area contributed by atoms with E-state index in [1.165, 1.54) is 9.80 Å². The van der Waals surface area contributed by atoms with E-state index in [9.17, 15) is 9.59 Å². The quantitative estimate of drug-likeness (QED) is 0.496. The summed E-state index contributed by atoms with van der Waals surface area (Å²) in [7, 11) is 0. The van der Waals surface area contributed by atoms with Gasteiger partial charge in [-0.2, -0.15) is 0 Å². The maximum Gasteiger partial charge on any atom is 0.407 e. The van der Waals surface area contributed by atoms with Gasteiger partial charge >= 0.3 is 11.5 Å². The van der Waals surface area contributed by atoms with E-state index in [-0.39, 0.29) is 12.1 Å². The van der Waals surface area contributed by atoms with E-state index in [1.807, 2.05) is 0 Å². The largest absolute Gasteiger partial charge is 0.465 e. The molecule has 6 heteroatoms. The minimum absolute atomic E-state index is 0.160. The zero-order valence-corrected chi connectivity index (χ0v) is 8.86. The first-order valence-electron chi connectivity index (χ1n) is 4.39. The molecule has 14 heavy (non-hydrogen) atoms. The van der Waals surface area contributed by atoms with Gasteiger partial charge in [-0.1, -0.05) is 0 Å². The second-order valence-electron chi connectivity index (χ2n) is 3.54. The number of piperazine rings is 1. The van der Waals surface area contributed by atoms with Crippen LogP contribution in [0.3, 0.4) is 0 Å². The first-order valence-corrected chi connectivity index (χ1v) is 4.77. The number of hydrogen-bond acceptors (Lipinski definition) is 2. The van der Waals surface area contributed by atoms with Gasteiger partial charge in [0.25, 0.3) is 0 Å². The summed E-state index contributed by atoms with van der Waals surface area (Å²) in [5, 5.41) is 8.32. The van der Waals surface area contributed by atoms with E-state index in [2.05, 4.69) is 0 Å². The molecule has 0 spiro atoms. The normalized spacial score (nSPS) is 27.6. The van der Waals surface area contributed by atoms with Gasteiger partial charge in [0.05, 0.1) is 0 Å². The van der Waals surface area contributed by atoms with Crippen LogP contribution >= 0.6 is 11.6 Å². The minimum atomic E-state index is -0.953. The molecule has 1 aliphatic heterocycles. The molecular formula is C8H13ClN2O3. The molecule has 0 radical (unpaired) electrons. The van der Waals surface area contributed by atoms with Gasteiger partial charge in [0.1, 0.15) is 0 Å². The van der Waals surface area contributed by atoms with Crippen molar-refractivity contribution in [2.75, 3.05) is 13.1 Å². The Morgan fingerprint density at radius 3 is 2.07 bits per heavy atom. The monoisotopic (exact) mass is 220 g/mol. The van der Waals surface area contributed by atoms with Gasteiger partial charge in [-0.05, 0) is 25.4 Å². The summed E-state index contributed by atoms with van der Waals surface area (Å²) < 4.78 is 0. The van der Waals surface area contributed by atoms with Crippen LogP contribution in [0.4, 0.5) is 9.59 Å². The summed E-state index contributed by atoms with van der Waals surface area (Å²) >= 11 is 5.37. The SMILES string of the molecule is C[C@@H]1CN(C(=O)Cl)[C@@H](C)CN1C(=O)O. The van der Waals surface area contributed by atoms with Crippen molar-refractivity contribution >= 4 is 23.1 Å². The fourth-order valence-corrected chi connectivity index (χ4v) is 1.87. The molecule has 5 nitrogen and oxygen atoms in total. The van der Waals surface area contributed by atoms with E-state index >= 15 is 0 Å². The average molecular weight is 221 g/mol. The summed E-state index contributed by atoms with van der Waals surface area (Å²) in [5.74, 6) is 0. The van der Waals surface area contributed by atoms with Crippen LogP contribution in [0, 0.1) is 0 Å². The Labute approximate surface area is 87.2 Å². The minimum Gasteiger partial charge on any atom is -0.465 e. The zero-order chi connectivity index (χ0) is 10.9. The maximum atomic E-state index is 11.0. The van der Waals surface area contributed by atoms with E-state index in [0.29, 0.717) is 13.1 Å². The van der Waals surface area contributed by atoms with Gasteiger partial charge in [0, 0.05) is 25.2 Å². The summed E-state index contributed by atoms with van der Waals surface area (Å²) in [6, 6.07) is -0.362. The third kappa shape index (κ3) is 2.09. The maximum absolute atomic E-state index is 11.0. The highest BCUT2D eigenvalue weighted by Gasteiger charge is 2.33. The van der Waals surface area contributed by atoms with Crippen LogP contribution in [0.2, 0.25) is 0 Å². The van der Waals surface area contributed by atoms with Gasteiger partial charge in [0.15, 0.2) is 0 Å². The molecule has 0 saturated carbocycles. The molecule has 0 aromatic rings. The molecule has 0 aromatic carbocycles. The number of halogens is 1. The third-order valence-corrected chi connectivity index (χ3v) is 2.67. The smallest absolute Gasteiger partial charge is 0.407 e. The van der Waals surface area contributed by atoms with Gasteiger partial charge < -0.3 is 14.9 Å². The highest BCUT2D eigenvalue weighted by Crippen LogP contribution is 2.16. The fraction of sp³-hybridized carbons (Fsp3) is 0.750. The first kappa shape index (κ1) is 11.1. The first-order chi connectivity index (χ1) is 6.43. The summed E-state index contributed by atoms with van der Waals surface area (Å²) in [6.07, 6.45) is -0.953. The Morgan fingerprint density at radius 1 is 1.21 bits per heavy atom. The van der Waals surface area contributed by atoms with Crippen molar-refractivity contribution in [3.8, 4) is 0 Å². The van der Waals surface area contributed by atoms with Gasteiger partial charge in [0.2, 0.25) is 0 Å². The van der Waals surface area contributed by atoms with Gasteiger partial charge in [-0.15, -0.1) is 0 Å². The van der Waals surface area contributed by atoms with Crippen LogP contribution in [0.1, 0.15) is 13.8 Å². The lowest BCUT2D eigenvalue weighted by atomic mass is 10.1. The highest BCUT2D eigenvalue weighted by atomic mass is 35.5. The molecule has 2 amide bonds. The summed E-state index contributed by atoms with van der Waals surface area (Å²) in [6.45, 7) is 4.21. The molecule has 1 saturated heterocycles. The van der Waals surface area contributed by atoms with Crippen molar-refractivity contribution in [1.29, 1.82) is 0 Å².